The van der Waals surface area contributed by atoms with Gasteiger partial charge >= 0.3 is 0 Å². The molecule has 0 aromatic heterocycles. The minimum Gasteiger partial charge on any atom is -0.494 e. The molecule has 3 rings (SSSR count). The number of hydroxylamine groups is 1. The van der Waals surface area contributed by atoms with E-state index < -0.39 is 0 Å². The van der Waals surface area contributed by atoms with Crippen molar-refractivity contribution < 1.29 is 19.1 Å². The van der Waals surface area contributed by atoms with Crippen LogP contribution in [-0.4, -0.2) is 44.4 Å². The molecule has 2 N–H and O–H groups in total. The lowest BCUT2D eigenvalue weighted by Crippen LogP contribution is -2.42. The Balaban J connectivity index is 1.24. The van der Waals surface area contributed by atoms with Crippen molar-refractivity contribution in [1.82, 2.24) is 10.8 Å². The highest BCUT2D eigenvalue weighted by Gasteiger charge is 2.30. The molecule has 6 nitrogen and oxygen atoms in total. The second kappa shape index (κ2) is 9.75. The molecule has 0 radical (unpaired) electrons. The maximum atomic E-state index is 12.2. The molecule has 3 unspecified atom stereocenters. The molecular weight excluding hydrogens is 320 g/mol. The number of hydrogen-bond donors (Lipinski definition) is 2. The highest BCUT2D eigenvalue weighted by Crippen LogP contribution is 2.18. The van der Waals surface area contributed by atoms with Gasteiger partial charge in [-0.05, 0) is 37.8 Å². The van der Waals surface area contributed by atoms with E-state index in [0.717, 1.165) is 51.1 Å². The van der Waals surface area contributed by atoms with Gasteiger partial charge in [-0.25, -0.2) is 0 Å². The van der Waals surface area contributed by atoms with Gasteiger partial charge in [0, 0.05) is 25.5 Å². The Hall–Kier alpha value is -1.63. The second-order valence-corrected chi connectivity index (χ2v) is 6.78. The van der Waals surface area contributed by atoms with Gasteiger partial charge in [0.05, 0.1) is 19.3 Å². The Kier molecular flexibility index (Phi) is 7.09. The zero-order valence-corrected chi connectivity index (χ0v) is 14.6. The first kappa shape index (κ1) is 18.2. The van der Waals surface area contributed by atoms with Gasteiger partial charge in [0.2, 0.25) is 5.91 Å². The Bertz CT molecular complexity index is 519. The van der Waals surface area contributed by atoms with Crippen LogP contribution < -0.4 is 15.5 Å². The van der Waals surface area contributed by atoms with E-state index in [4.69, 9.17) is 14.3 Å². The summed E-state index contributed by atoms with van der Waals surface area (Å²) in [5.41, 5.74) is 2.87. The molecule has 0 saturated carbocycles. The standard InChI is InChI=1S/C19H28N2O4/c22-19(20-13-15-9-11-23-14-15)18-12-17(25-21-18)8-4-5-10-24-16-6-2-1-3-7-16/h1-3,6-7,15,17-18,21H,4-5,8-14H2,(H,20,22). The molecule has 2 saturated heterocycles. The van der Waals surface area contributed by atoms with Gasteiger partial charge in [-0.3, -0.25) is 9.63 Å². The van der Waals surface area contributed by atoms with Crippen LogP contribution in [0.25, 0.3) is 0 Å². The van der Waals surface area contributed by atoms with Crippen molar-refractivity contribution in [1.29, 1.82) is 0 Å². The van der Waals surface area contributed by atoms with Gasteiger partial charge < -0.3 is 14.8 Å². The number of hydrogen-bond acceptors (Lipinski definition) is 5. The number of carbonyl (C=O) groups excluding carboxylic acids is 1. The Morgan fingerprint density at radius 3 is 2.96 bits per heavy atom. The maximum absolute atomic E-state index is 12.2. The fraction of sp³-hybridized carbons (Fsp3) is 0.632. The molecule has 25 heavy (non-hydrogen) atoms. The van der Waals surface area contributed by atoms with Crippen LogP contribution in [0.4, 0.5) is 0 Å². The third-order valence-corrected chi connectivity index (χ3v) is 4.71. The summed E-state index contributed by atoms with van der Waals surface area (Å²) in [6, 6.07) is 9.60. The van der Waals surface area contributed by atoms with Crippen molar-refractivity contribution >= 4 is 5.91 Å². The van der Waals surface area contributed by atoms with E-state index in [1.54, 1.807) is 0 Å². The lowest BCUT2D eigenvalue weighted by molar-refractivity contribution is -0.124. The van der Waals surface area contributed by atoms with Crippen molar-refractivity contribution in [2.75, 3.05) is 26.4 Å². The van der Waals surface area contributed by atoms with Crippen LogP contribution in [-0.2, 0) is 14.4 Å². The van der Waals surface area contributed by atoms with E-state index in [1.165, 1.54) is 0 Å². The summed E-state index contributed by atoms with van der Waals surface area (Å²) in [7, 11) is 0. The zero-order chi connectivity index (χ0) is 17.3. The third-order valence-electron chi connectivity index (χ3n) is 4.71. The lowest BCUT2D eigenvalue weighted by atomic mass is 10.0. The Morgan fingerprint density at radius 1 is 1.28 bits per heavy atom. The first-order chi connectivity index (χ1) is 12.3. The largest absolute Gasteiger partial charge is 0.494 e. The van der Waals surface area contributed by atoms with Crippen LogP contribution in [0, 0.1) is 5.92 Å². The SMILES string of the molecule is O=C(NCC1CCOC1)C1CC(CCCCOc2ccccc2)ON1. The Morgan fingerprint density at radius 2 is 2.16 bits per heavy atom. The molecular formula is C19H28N2O4. The molecule has 6 heteroatoms. The summed E-state index contributed by atoms with van der Waals surface area (Å²) < 4.78 is 11.0. The smallest absolute Gasteiger partial charge is 0.239 e. The van der Waals surface area contributed by atoms with Gasteiger partial charge in [-0.2, -0.15) is 5.48 Å². The Labute approximate surface area is 149 Å². The summed E-state index contributed by atoms with van der Waals surface area (Å²) in [6.45, 7) is 2.96. The lowest BCUT2D eigenvalue weighted by Gasteiger charge is -2.12. The van der Waals surface area contributed by atoms with Gasteiger partial charge in [-0.15, -0.1) is 0 Å². The van der Waals surface area contributed by atoms with E-state index in [-0.39, 0.29) is 18.1 Å². The van der Waals surface area contributed by atoms with Crippen molar-refractivity contribution in [3.05, 3.63) is 30.3 Å². The highest BCUT2D eigenvalue weighted by atomic mass is 16.7. The second-order valence-electron chi connectivity index (χ2n) is 6.78. The van der Waals surface area contributed by atoms with Crippen LogP contribution in [0.5, 0.6) is 5.75 Å². The molecule has 0 spiro atoms. The summed E-state index contributed by atoms with van der Waals surface area (Å²) >= 11 is 0. The summed E-state index contributed by atoms with van der Waals surface area (Å²) in [5.74, 6) is 1.39. The van der Waals surface area contributed by atoms with Crippen molar-refractivity contribution in [2.45, 2.75) is 44.2 Å². The molecule has 1 amide bonds. The maximum Gasteiger partial charge on any atom is 0.239 e. The van der Waals surface area contributed by atoms with E-state index in [9.17, 15) is 4.79 Å². The first-order valence-electron chi connectivity index (χ1n) is 9.26. The predicted octanol–water partition coefficient (Wildman–Crippen LogP) is 2.05. The summed E-state index contributed by atoms with van der Waals surface area (Å²) in [4.78, 5) is 17.7. The average Bonchev–Trinajstić information content (AvgIpc) is 3.32. The van der Waals surface area contributed by atoms with E-state index in [2.05, 4.69) is 10.8 Å². The van der Waals surface area contributed by atoms with Crippen LogP contribution in [0.15, 0.2) is 30.3 Å². The fourth-order valence-electron chi connectivity index (χ4n) is 3.17. The molecule has 138 valence electrons. The molecule has 1 aromatic rings. The van der Waals surface area contributed by atoms with E-state index >= 15 is 0 Å². The van der Waals surface area contributed by atoms with Gasteiger partial charge in [0.15, 0.2) is 0 Å². The van der Waals surface area contributed by atoms with Gasteiger partial charge in [0.1, 0.15) is 11.8 Å². The van der Waals surface area contributed by atoms with Crippen LogP contribution >= 0.6 is 0 Å². The first-order valence-corrected chi connectivity index (χ1v) is 9.26. The number of unbranched alkanes of at least 4 members (excludes halogenated alkanes) is 1. The van der Waals surface area contributed by atoms with Crippen LogP contribution in [0.2, 0.25) is 0 Å². The number of ether oxygens (including phenoxy) is 2. The topological polar surface area (TPSA) is 68.8 Å². The van der Waals surface area contributed by atoms with E-state index in [0.29, 0.717) is 19.1 Å². The van der Waals surface area contributed by atoms with Crippen LogP contribution in [0.1, 0.15) is 32.1 Å². The van der Waals surface area contributed by atoms with Gasteiger partial charge in [0.25, 0.3) is 0 Å². The molecule has 2 heterocycles. The molecule has 2 aliphatic heterocycles. The summed E-state index contributed by atoms with van der Waals surface area (Å²) in [6.07, 6.45) is 4.79. The van der Waals surface area contributed by atoms with Crippen molar-refractivity contribution in [3.8, 4) is 5.75 Å². The molecule has 1 aromatic carbocycles. The number of para-hydroxylation sites is 1. The number of nitrogens with one attached hydrogen (secondary N) is 2. The number of rotatable bonds is 9. The molecule has 2 fully saturated rings. The zero-order valence-electron chi connectivity index (χ0n) is 14.6. The average molecular weight is 348 g/mol. The molecule has 0 aliphatic carbocycles. The monoisotopic (exact) mass is 348 g/mol. The van der Waals surface area contributed by atoms with Gasteiger partial charge in [-0.1, -0.05) is 18.2 Å². The van der Waals surface area contributed by atoms with E-state index in [1.807, 2.05) is 30.3 Å². The third kappa shape index (κ3) is 5.99. The summed E-state index contributed by atoms with van der Waals surface area (Å²) in [5, 5.41) is 3.00. The molecule has 3 atom stereocenters. The fourth-order valence-corrected chi connectivity index (χ4v) is 3.17. The molecule has 2 aliphatic rings. The normalized spacial score (nSPS) is 25.8. The van der Waals surface area contributed by atoms with Crippen molar-refractivity contribution in [2.24, 2.45) is 5.92 Å². The highest BCUT2D eigenvalue weighted by molar-refractivity contribution is 5.81. The minimum absolute atomic E-state index is 0.0295. The minimum atomic E-state index is -0.243. The number of carbonyl (C=O) groups is 1. The molecule has 0 bridgehead atoms. The number of amides is 1. The quantitative estimate of drug-likeness (QED) is 0.669. The number of benzene rings is 1. The van der Waals surface area contributed by atoms with Crippen molar-refractivity contribution in [3.63, 3.8) is 0 Å². The predicted molar refractivity (Wildman–Crippen MR) is 94.1 cm³/mol. The van der Waals surface area contributed by atoms with Crippen LogP contribution in [0.3, 0.4) is 0 Å².